The van der Waals surface area contributed by atoms with Gasteiger partial charge in [0.15, 0.2) is 17.1 Å². The lowest BCUT2D eigenvalue weighted by atomic mass is 9.44. The van der Waals surface area contributed by atoms with Gasteiger partial charge in [0.2, 0.25) is 5.12 Å². The van der Waals surface area contributed by atoms with Gasteiger partial charge in [-0.1, -0.05) is 26.8 Å². The second-order valence-electron chi connectivity index (χ2n) is 10.6. The van der Waals surface area contributed by atoms with Gasteiger partial charge in [0, 0.05) is 29.1 Å². The minimum atomic E-state index is -2.30. The molecule has 0 radical (unpaired) electrons. The number of aliphatic hydroxyl groups excluding tert-OH is 1. The number of carbonyl (C=O) groups excluding carboxylic acids is 3. The van der Waals surface area contributed by atoms with Crippen molar-refractivity contribution in [3.63, 3.8) is 0 Å². The van der Waals surface area contributed by atoms with Crippen LogP contribution < -0.4 is 0 Å². The van der Waals surface area contributed by atoms with Crippen LogP contribution in [0.2, 0.25) is 0 Å². The number of carbonyl (C=O) groups is 3. The number of rotatable bonds is 4. The SMILES string of the molecule is CCC(=O)O[C@]1(C(=O)SCF)[C@H](C)C[C@H]2C3C[C@H](F)C4=CC(=O)C=CC4(C)[C@@]3(F)C(O)CC21C. The third-order valence-electron chi connectivity index (χ3n) is 9.22. The number of allylic oxidation sites excluding steroid dienone is 4. The maximum absolute atomic E-state index is 17.2. The zero-order valence-electron chi connectivity index (χ0n) is 19.8. The molecule has 0 amide bonds. The van der Waals surface area contributed by atoms with Gasteiger partial charge in [-0.3, -0.25) is 14.4 Å². The Labute approximate surface area is 201 Å². The number of halogens is 3. The Bertz CT molecular complexity index is 984. The average Bonchev–Trinajstić information content (AvgIpc) is 2.99. The number of ketones is 1. The van der Waals surface area contributed by atoms with Gasteiger partial charge in [0.25, 0.3) is 0 Å². The number of hydrogen-bond acceptors (Lipinski definition) is 6. The Morgan fingerprint density at radius 3 is 2.56 bits per heavy atom. The molecule has 0 spiro atoms. The summed E-state index contributed by atoms with van der Waals surface area (Å²) in [4.78, 5) is 37.8. The zero-order valence-corrected chi connectivity index (χ0v) is 20.6. The van der Waals surface area contributed by atoms with Crippen LogP contribution in [-0.4, -0.2) is 51.5 Å². The van der Waals surface area contributed by atoms with Crippen molar-refractivity contribution in [3.8, 4) is 0 Å². The maximum Gasteiger partial charge on any atom is 0.306 e. The van der Waals surface area contributed by atoms with Gasteiger partial charge in [0.1, 0.15) is 12.2 Å². The molecule has 0 aromatic rings. The minimum absolute atomic E-state index is 0.0141. The van der Waals surface area contributed by atoms with Crippen LogP contribution in [0.5, 0.6) is 0 Å². The van der Waals surface area contributed by atoms with Crippen LogP contribution in [0, 0.1) is 28.6 Å². The number of thioether (sulfide) groups is 1. The van der Waals surface area contributed by atoms with E-state index in [2.05, 4.69) is 0 Å². The summed E-state index contributed by atoms with van der Waals surface area (Å²) in [6.07, 6.45) is 0.160. The lowest BCUT2D eigenvalue weighted by Crippen LogP contribution is -2.70. The molecule has 0 aromatic carbocycles. The molecule has 34 heavy (non-hydrogen) atoms. The standard InChI is InChI=1S/C25H31F3O5S/c1-5-20(31)33-25(21(32)34-12-26)13(2)8-15-16-10-18(27)17-9-14(29)6-7-22(17,3)24(16,28)19(30)11-23(15,25)4/h6-7,9,13,15-16,18-19,30H,5,8,10-12H2,1-4H3/t13-,15+,16?,18+,19?,22?,23?,24+,25+/m1/s1. The van der Waals surface area contributed by atoms with Crippen LogP contribution in [-0.2, 0) is 19.1 Å². The number of fused-ring (bicyclic) bond motifs is 5. The first-order valence-corrected chi connectivity index (χ1v) is 12.7. The Morgan fingerprint density at radius 2 is 1.94 bits per heavy atom. The van der Waals surface area contributed by atoms with E-state index in [4.69, 9.17) is 4.74 Å². The molecule has 1 N–H and O–H groups in total. The van der Waals surface area contributed by atoms with Gasteiger partial charge >= 0.3 is 5.97 Å². The molecule has 0 saturated heterocycles. The van der Waals surface area contributed by atoms with Crippen molar-refractivity contribution in [1.82, 2.24) is 0 Å². The van der Waals surface area contributed by atoms with Crippen molar-refractivity contribution >= 4 is 28.6 Å². The summed E-state index contributed by atoms with van der Waals surface area (Å²) < 4.78 is 51.8. The molecule has 9 heteroatoms. The van der Waals surface area contributed by atoms with E-state index >= 15 is 8.78 Å². The van der Waals surface area contributed by atoms with Gasteiger partial charge in [0.05, 0.1) is 6.10 Å². The lowest BCUT2D eigenvalue weighted by molar-refractivity contribution is -0.228. The summed E-state index contributed by atoms with van der Waals surface area (Å²) in [6, 6.07) is -1.02. The second kappa shape index (κ2) is 8.22. The molecule has 5 nitrogen and oxygen atoms in total. The molecule has 0 bridgehead atoms. The third-order valence-corrected chi connectivity index (χ3v) is 9.90. The predicted molar refractivity (Wildman–Crippen MR) is 121 cm³/mol. The van der Waals surface area contributed by atoms with Crippen LogP contribution in [0.25, 0.3) is 0 Å². The second-order valence-corrected chi connectivity index (χ2v) is 11.5. The van der Waals surface area contributed by atoms with Crippen molar-refractivity contribution in [3.05, 3.63) is 23.8 Å². The van der Waals surface area contributed by atoms with E-state index in [-0.39, 0.29) is 31.3 Å². The molecule has 4 unspecified atom stereocenters. The van der Waals surface area contributed by atoms with E-state index in [1.54, 1.807) is 20.8 Å². The van der Waals surface area contributed by atoms with E-state index in [0.717, 1.165) is 6.08 Å². The van der Waals surface area contributed by atoms with Crippen LogP contribution in [0.15, 0.2) is 23.8 Å². The van der Waals surface area contributed by atoms with Crippen molar-refractivity contribution < 1.29 is 37.4 Å². The van der Waals surface area contributed by atoms with Crippen molar-refractivity contribution in [2.24, 2.45) is 28.6 Å². The topological polar surface area (TPSA) is 80.7 Å². The Balaban J connectivity index is 1.87. The Kier molecular flexibility index (Phi) is 6.16. The van der Waals surface area contributed by atoms with Crippen LogP contribution in [0.3, 0.4) is 0 Å². The quantitative estimate of drug-likeness (QED) is 0.576. The number of hydrogen-bond donors (Lipinski definition) is 1. The summed E-state index contributed by atoms with van der Waals surface area (Å²) in [5, 5.41) is 10.7. The van der Waals surface area contributed by atoms with E-state index in [9.17, 15) is 23.9 Å². The van der Waals surface area contributed by atoms with Gasteiger partial charge in [-0.2, -0.15) is 0 Å². The third kappa shape index (κ3) is 3.01. The first-order chi connectivity index (χ1) is 15.8. The largest absolute Gasteiger partial charge is 0.449 e. The van der Waals surface area contributed by atoms with E-state index < -0.39 is 75.0 Å². The van der Waals surface area contributed by atoms with Crippen molar-refractivity contribution in [2.45, 2.75) is 76.9 Å². The minimum Gasteiger partial charge on any atom is -0.449 e. The van der Waals surface area contributed by atoms with Crippen molar-refractivity contribution in [2.75, 3.05) is 6.01 Å². The van der Waals surface area contributed by atoms with Crippen LogP contribution in [0.4, 0.5) is 13.2 Å². The molecule has 0 heterocycles. The smallest absolute Gasteiger partial charge is 0.306 e. The van der Waals surface area contributed by atoms with Gasteiger partial charge < -0.3 is 9.84 Å². The van der Waals surface area contributed by atoms with Crippen LogP contribution >= 0.6 is 11.8 Å². The molecule has 0 aliphatic heterocycles. The first kappa shape index (κ1) is 25.5. The van der Waals surface area contributed by atoms with E-state index in [1.165, 1.54) is 19.1 Å². The zero-order chi connectivity index (χ0) is 25.3. The van der Waals surface area contributed by atoms with Crippen LogP contribution in [0.1, 0.15) is 53.4 Å². The van der Waals surface area contributed by atoms with Gasteiger partial charge in [-0.05, 0) is 61.6 Å². The predicted octanol–water partition coefficient (Wildman–Crippen LogP) is 4.43. The highest BCUT2D eigenvalue weighted by Gasteiger charge is 2.78. The fourth-order valence-electron chi connectivity index (χ4n) is 7.63. The summed E-state index contributed by atoms with van der Waals surface area (Å²) in [5.41, 5.74) is -6.84. The highest BCUT2D eigenvalue weighted by atomic mass is 32.2. The van der Waals surface area contributed by atoms with Crippen molar-refractivity contribution in [1.29, 1.82) is 0 Å². The molecule has 3 saturated carbocycles. The normalized spacial score (nSPS) is 47.4. The van der Waals surface area contributed by atoms with Gasteiger partial charge in [-0.15, -0.1) is 0 Å². The molecule has 4 aliphatic rings. The van der Waals surface area contributed by atoms with Gasteiger partial charge in [-0.25, -0.2) is 13.2 Å². The summed E-state index contributed by atoms with van der Waals surface area (Å²) in [5.74, 6) is -3.30. The summed E-state index contributed by atoms with van der Waals surface area (Å²) in [6.45, 7) is 6.45. The highest BCUT2D eigenvalue weighted by Crippen LogP contribution is 2.72. The number of esters is 1. The molecule has 4 aliphatic carbocycles. The maximum atomic E-state index is 17.2. The first-order valence-electron chi connectivity index (χ1n) is 11.7. The monoisotopic (exact) mass is 500 g/mol. The molecule has 4 rings (SSSR count). The van der Waals surface area contributed by atoms with E-state index in [1.807, 2.05) is 0 Å². The summed E-state index contributed by atoms with van der Waals surface area (Å²) in [7, 11) is 0. The fraction of sp³-hybridized carbons (Fsp3) is 0.720. The lowest BCUT2D eigenvalue weighted by Gasteiger charge is -2.63. The number of ether oxygens (including phenoxy) is 1. The molecule has 9 atom stereocenters. The molecule has 0 aromatic heterocycles. The number of alkyl halides is 3. The molecule has 3 fully saturated rings. The molecular weight excluding hydrogens is 469 g/mol. The molecule has 188 valence electrons. The number of aliphatic hydroxyl groups is 1. The fourth-order valence-corrected chi connectivity index (χ4v) is 8.42. The van der Waals surface area contributed by atoms with E-state index in [0.29, 0.717) is 11.8 Å². The highest BCUT2D eigenvalue weighted by molar-refractivity contribution is 8.13. The molecular formula is C25H31F3O5S. The Morgan fingerprint density at radius 1 is 1.26 bits per heavy atom. The Hall–Kier alpha value is -1.61. The average molecular weight is 501 g/mol. The summed E-state index contributed by atoms with van der Waals surface area (Å²) >= 11 is 0.396.